The molecule has 0 radical (unpaired) electrons. The van der Waals surface area contributed by atoms with Crippen LogP contribution in [0.3, 0.4) is 0 Å². The summed E-state index contributed by atoms with van der Waals surface area (Å²) in [5, 5.41) is 12.9. The second-order valence-corrected chi connectivity index (χ2v) is 7.47. The van der Waals surface area contributed by atoms with E-state index in [1.54, 1.807) is 0 Å². The molecule has 1 atom stereocenters. The minimum absolute atomic E-state index is 0.0174. The van der Waals surface area contributed by atoms with E-state index in [2.05, 4.69) is 15.5 Å². The summed E-state index contributed by atoms with van der Waals surface area (Å²) in [6.45, 7) is 4.03. The van der Waals surface area contributed by atoms with Crippen molar-refractivity contribution in [3.8, 4) is 17.1 Å². The van der Waals surface area contributed by atoms with Crippen LogP contribution in [0.15, 0.2) is 59.8 Å². The first-order valence-corrected chi connectivity index (χ1v) is 10.1. The third kappa shape index (κ3) is 4.70. The number of amides is 1. The van der Waals surface area contributed by atoms with E-state index < -0.39 is 0 Å². The van der Waals surface area contributed by atoms with Crippen LogP contribution in [0.1, 0.15) is 20.3 Å². The van der Waals surface area contributed by atoms with Crippen LogP contribution in [0.25, 0.3) is 17.1 Å². The molecule has 1 heterocycles. The zero-order valence-electron chi connectivity index (χ0n) is 15.2. The van der Waals surface area contributed by atoms with Gasteiger partial charge < -0.3 is 5.32 Å². The average Bonchev–Trinajstić information content (AvgIpc) is 3.11. The smallest absolute Gasteiger partial charge is 0.230 e. The Bertz CT molecular complexity index is 913. The lowest BCUT2D eigenvalue weighted by molar-refractivity contribution is -0.119. The highest BCUT2D eigenvalue weighted by Crippen LogP contribution is 2.31. The van der Waals surface area contributed by atoms with Crippen molar-refractivity contribution in [3.05, 3.63) is 59.6 Å². The van der Waals surface area contributed by atoms with Crippen molar-refractivity contribution in [1.29, 1.82) is 0 Å². The topological polar surface area (TPSA) is 59.8 Å². The Morgan fingerprint density at radius 3 is 2.56 bits per heavy atom. The molecule has 0 aliphatic rings. The van der Waals surface area contributed by atoms with E-state index >= 15 is 0 Å². The molecule has 1 N–H and O–H groups in total. The zero-order chi connectivity index (χ0) is 19.2. The Kier molecular flexibility index (Phi) is 6.53. The summed E-state index contributed by atoms with van der Waals surface area (Å²) in [5.74, 6) is 0.908. The molecule has 3 rings (SSSR count). The molecule has 7 heteroatoms. The van der Waals surface area contributed by atoms with Crippen LogP contribution >= 0.6 is 23.4 Å². The quantitative estimate of drug-likeness (QED) is 0.589. The van der Waals surface area contributed by atoms with Gasteiger partial charge >= 0.3 is 0 Å². The molecule has 5 nitrogen and oxygen atoms in total. The Balaban J connectivity index is 1.93. The fourth-order valence-corrected chi connectivity index (χ4v) is 3.52. The van der Waals surface area contributed by atoms with Crippen LogP contribution in [0.4, 0.5) is 0 Å². The van der Waals surface area contributed by atoms with Crippen LogP contribution in [-0.4, -0.2) is 32.5 Å². The number of carbonyl (C=O) groups is 1. The maximum Gasteiger partial charge on any atom is 0.230 e. The van der Waals surface area contributed by atoms with Gasteiger partial charge in [0, 0.05) is 17.3 Å². The first-order valence-electron chi connectivity index (χ1n) is 8.78. The number of hydrogen-bond donors (Lipinski definition) is 1. The summed E-state index contributed by atoms with van der Waals surface area (Å²) in [4.78, 5) is 12.2. The van der Waals surface area contributed by atoms with Gasteiger partial charge in [0.15, 0.2) is 11.0 Å². The number of rotatable bonds is 7. The fourth-order valence-electron chi connectivity index (χ4n) is 2.54. The third-order valence-corrected chi connectivity index (χ3v) is 5.37. The van der Waals surface area contributed by atoms with E-state index in [4.69, 9.17) is 11.6 Å². The number of nitrogens with one attached hydrogen (secondary N) is 1. The van der Waals surface area contributed by atoms with E-state index in [0.29, 0.717) is 16.0 Å². The molecule has 140 valence electrons. The second kappa shape index (κ2) is 9.06. The second-order valence-electron chi connectivity index (χ2n) is 6.12. The molecule has 0 saturated carbocycles. The molecule has 0 aliphatic heterocycles. The third-order valence-electron chi connectivity index (χ3n) is 4.11. The molecule has 2 aromatic carbocycles. The number of hydrogen-bond acceptors (Lipinski definition) is 4. The lowest BCUT2D eigenvalue weighted by Crippen LogP contribution is -2.33. The summed E-state index contributed by atoms with van der Waals surface area (Å²) in [5.41, 5.74) is 1.72. The van der Waals surface area contributed by atoms with Crippen LogP contribution in [0, 0.1) is 0 Å². The summed E-state index contributed by atoms with van der Waals surface area (Å²) >= 11 is 7.73. The van der Waals surface area contributed by atoms with Crippen LogP contribution in [0.2, 0.25) is 5.02 Å². The molecular formula is C20H21ClN4OS. The van der Waals surface area contributed by atoms with Crippen molar-refractivity contribution in [1.82, 2.24) is 20.1 Å². The van der Waals surface area contributed by atoms with Crippen molar-refractivity contribution in [3.63, 3.8) is 0 Å². The predicted octanol–water partition coefficient (Wildman–Crippen LogP) is 4.59. The molecule has 0 saturated heterocycles. The van der Waals surface area contributed by atoms with Gasteiger partial charge in [0.2, 0.25) is 5.91 Å². The molecule has 0 unspecified atom stereocenters. The van der Waals surface area contributed by atoms with Crippen LogP contribution in [0.5, 0.6) is 0 Å². The van der Waals surface area contributed by atoms with Crippen molar-refractivity contribution in [2.24, 2.45) is 0 Å². The van der Waals surface area contributed by atoms with Gasteiger partial charge in [0.25, 0.3) is 0 Å². The number of aromatic nitrogens is 3. The molecule has 0 spiro atoms. The fraction of sp³-hybridized carbons (Fsp3) is 0.250. The van der Waals surface area contributed by atoms with Crippen LogP contribution in [-0.2, 0) is 4.79 Å². The maximum atomic E-state index is 12.2. The monoisotopic (exact) mass is 400 g/mol. The highest BCUT2D eigenvalue weighted by Gasteiger charge is 2.19. The normalized spacial score (nSPS) is 12.0. The van der Waals surface area contributed by atoms with E-state index in [1.165, 1.54) is 11.8 Å². The van der Waals surface area contributed by atoms with Gasteiger partial charge in [-0.1, -0.05) is 60.6 Å². The molecular weight excluding hydrogens is 380 g/mol. The van der Waals surface area contributed by atoms with Crippen molar-refractivity contribution < 1.29 is 4.79 Å². The number of halogens is 1. The Morgan fingerprint density at radius 1 is 1.15 bits per heavy atom. The van der Waals surface area contributed by atoms with Gasteiger partial charge in [-0.15, -0.1) is 10.2 Å². The number of nitrogens with zero attached hydrogens (tertiary/aromatic N) is 3. The minimum atomic E-state index is -0.0174. The van der Waals surface area contributed by atoms with Gasteiger partial charge in [-0.3, -0.25) is 9.36 Å². The SMILES string of the molecule is CC[C@H](C)NC(=O)CSc1nnc(-c2ccccc2Cl)n1-c1ccccc1. The number of para-hydroxylation sites is 1. The van der Waals surface area contributed by atoms with Crippen molar-refractivity contribution in [2.75, 3.05) is 5.75 Å². The Labute approximate surface area is 168 Å². The predicted molar refractivity (Wildman–Crippen MR) is 110 cm³/mol. The largest absolute Gasteiger partial charge is 0.353 e. The number of benzene rings is 2. The van der Waals surface area contributed by atoms with Gasteiger partial charge in [-0.25, -0.2) is 0 Å². The first-order chi connectivity index (χ1) is 13.1. The lowest BCUT2D eigenvalue weighted by Gasteiger charge is -2.12. The minimum Gasteiger partial charge on any atom is -0.353 e. The molecule has 0 fully saturated rings. The van der Waals surface area contributed by atoms with E-state index in [9.17, 15) is 4.79 Å². The Morgan fingerprint density at radius 2 is 1.85 bits per heavy atom. The Hall–Kier alpha value is -2.31. The highest BCUT2D eigenvalue weighted by molar-refractivity contribution is 7.99. The molecule has 27 heavy (non-hydrogen) atoms. The van der Waals surface area contributed by atoms with Gasteiger partial charge in [-0.2, -0.15) is 0 Å². The van der Waals surface area contributed by atoms with Gasteiger partial charge in [0.1, 0.15) is 0 Å². The molecule has 0 aliphatic carbocycles. The van der Waals surface area contributed by atoms with Crippen molar-refractivity contribution >= 4 is 29.3 Å². The summed E-state index contributed by atoms with van der Waals surface area (Å²) < 4.78 is 1.93. The van der Waals surface area contributed by atoms with Crippen molar-refractivity contribution in [2.45, 2.75) is 31.5 Å². The first kappa shape index (κ1) is 19.5. The van der Waals surface area contributed by atoms with E-state index in [-0.39, 0.29) is 17.7 Å². The molecule has 3 aromatic rings. The van der Waals surface area contributed by atoms with E-state index in [1.807, 2.05) is 73.0 Å². The number of carbonyl (C=O) groups excluding carboxylic acids is 1. The molecule has 1 amide bonds. The highest BCUT2D eigenvalue weighted by atomic mass is 35.5. The van der Waals surface area contributed by atoms with Gasteiger partial charge in [-0.05, 0) is 37.6 Å². The summed E-state index contributed by atoms with van der Waals surface area (Å²) in [7, 11) is 0. The maximum absolute atomic E-state index is 12.2. The lowest BCUT2D eigenvalue weighted by atomic mass is 10.2. The van der Waals surface area contributed by atoms with E-state index in [0.717, 1.165) is 17.7 Å². The standard InChI is InChI=1S/C20H21ClN4OS/c1-3-14(2)22-18(26)13-27-20-24-23-19(16-11-7-8-12-17(16)21)25(20)15-9-5-4-6-10-15/h4-12,14H,3,13H2,1-2H3,(H,22,26)/t14-/m0/s1. The number of thioether (sulfide) groups is 1. The average molecular weight is 401 g/mol. The summed E-state index contributed by atoms with van der Waals surface area (Å²) in [6, 6.07) is 17.5. The van der Waals surface area contributed by atoms with Crippen LogP contribution < -0.4 is 5.32 Å². The van der Waals surface area contributed by atoms with Gasteiger partial charge in [0.05, 0.1) is 10.8 Å². The zero-order valence-corrected chi connectivity index (χ0v) is 16.8. The molecule has 0 bridgehead atoms. The molecule has 1 aromatic heterocycles. The summed E-state index contributed by atoms with van der Waals surface area (Å²) in [6.07, 6.45) is 0.896.